The van der Waals surface area contributed by atoms with Crippen LogP contribution in [0.3, 0.4) is 0 Å². The number of aromatic hydroxyl groups is 1. The first-order valence-electron chi connectivity index (χ1n) is 7.03. The van der Waals surface area contributed by atoms with Gasteiger partial charge in [-0.1, -0.05) is 13.8 Å². The highest BCUT2D eigenvalue weighted by Crippen LogP contribution is 2.36. The Morgan fingerprint density at radius 1 is 1.10 bits per heavy atom. The molecule has 0 amide bonds. The van der Waals surface area contributed by atoms with E-state index in [1.807, 2.05) is 12.1 Å². The summed E-state index contributed by atoms with van der Waals surface area (Å²) in [5.41, 5.74) is 1.02. The lowest BCUT2D eigenvalue weighted by atomic mass is 10.2. The van der Waals surface area contributed by atoms with Crippen molar-refractivity contribution in [2.24, 2.45) is 0 Å². The summed E-state index contributed by atoms with van der Waals surface area (Å²) >= 11 is 0. The van der Waals surface area contributed by atoms with Crippen LogP contribution in [0.15, 0.2) is 12.1 Å². The Labute approximate surface area is 121 Å². The summed E-state index contributed by atoms with van der Waals surface area (Å²) in [6.45, 7) is 9.14. The molecular weight excluding hydrogens is 256 g/mol. The lowest BCUT2D eigenvalue weighted by Crippen LogP contribution is -2.31. The predicted octanol–water partition coefficient (Wildman–Crippen LogP) is 1.84. The topological polar surface area (TPSA) is 54.0 Å². The maximum absolute atomic E-state index is 9.84. The van der Waals surface area contributed by atoms with Gasteiger partial charge >= 0.3 is 0 Å². The van der Waals surface area contributed by atoms with Crippen molar-refractivity contribution in [2.75, 3.05) is 40.4 Å². The average molecular weight is 282 g/mol. The maximum atomic E-state index is 9.84. The molecule has 0 aromatic heterocycles. The van der Waals surface area contributed by atoms with E-state index in [1.54, 1.807) is 0 Å². The van der Waals surface area contributed by atoms with Gasteiger partial charge in [0.2, 0.25) is 5.75 Å². The number of hydrogen-bond donors (Lipinski definition) is 2. The number of likely N-dealkylation sites (N-methyl/N-ethyl adjacent to an activating group) is 1. The zero-order valence-corrected chi connectivity index (χ0v) is 12.9. The Morgan fingerprint density at radius 2 is 1.65 bits per heavy atom. The third-order valence-corrected chi connectivity index (χ3v) is 3.37. The highest BCUT2D eigenvalue weighted by molar-refractivity contribution is 5.52. The van der Waals surface area contributed by atoms with E-state index < -0.39 is 0 Å². The van der Waals surface area contributed by atoms with Crippen molar-refractivity contribution in [1.82, 2.24) is 10.2 Å². The van der Waals surface area contributed by atoms with Crippen molar-refractivity contribution in [2.45, 2.75) is 20.4 Å². The molecule has 0 atom stereocenters. The summed E-state index contributed by atoms with van der Waals surface area (Å²) in [6.07, 6.45) is 0. The van der Waals surface area contributed by atoms with Gasteiger partial charge in [0.05, 0.1) is 14.2 Å². The van der Waals surface area contributed by atoms with Crippen LogP contribution in [0, 0.1) is 0 Å². The molecule has 0 heterocycles. The quantitative estimate of drug-likeness (QED) is 0.677. The van der Waals surface area contributed by atoms with Crippen molar-refractivity contribution < 1.29 is 14.6 Å². The number of phenols is 1. The molecule has 20 heavy (non-hydrogen) atoms. The lowest BCUT2D eigenvalue weighted by molar-refractivity contribution is 0.302. The van der Waals surface area contributed by atoms with E-state index in [-0.39, 0.29) is 5.75 Å². The molecule has 0 unspecified atom stereocenters. The smallest absolute Gasteiger partial charge is 0.200 e. The molecule has 2 N–H and O–H groups in total. The predicted molar refractivity (Wildman–Crippen MR) is 80.7 cm³/mol. The number of hydrogen-bond acceptors (Lipinski definition) is 5. The molecule has 0 aliphatic heterocycles. The number of nitrogens with one attached hydrogen (secondary N) is 1. The largest absolute Gasteiger partial charge is 0.502 e. The van der Waals surface area contributed by atoms with Gasteiger partial charge in [0.1, 0.15) is 0 Å². The van der Waals surface area contributed by atoms with Gasteiger partial charge in [-0.25, -0.2) is 0 Å². The molecule has 5 heteroatoms. The van der Waals surface area contributed by atoms with Crippen LogP contribution in [0.25, 0.3) is 0 Å². The first-order chi connectivity index (χ1) is 9.65. The monoisotopic (exact) mass is 282 g/mol. The number of benzene rings is 1. The molecule has 0 radical (unpaired) electrons. The number of ether oxygens (including phenoxy) is 2. The van der Waals surface area contributed by atoms with Crippen molar-refractivity contribution in [3.8, 4) is 17.2 Å². The van der Waals surface area contributed by atoms with E-state index in [0.717, 1.165) is 31.7 Å². The molecule has 0 bridgehead atoms. The van der Waals surface area contributed by atoms with Crippen molar-refractivity contribution >= 4 is 0 Å². The number of nitrogens with zero attached hydrogens (tertiary/aromatic N) is 1. The van der Waals surface area contributed by atoms with Crippen LogP contribution in [0.1, 0.15) is 19.4 Å². The summed E-state index contributed by atoms with van der Waals surface area (Å²) < 4.78 is 10.3. The summed E-state index contributed by atoms with van der Waals surface area (Å²) in [5.74, 6) is 0.914. The normalized spacial score (nSPS) is 10.8. The molecule has 114 valence electrons. The third kappa shape index (κ3) is 4.58. The molecule has 1 aromatic rings. The van der Waals surface area contributed by atoms with E-state index >= 15 is 0 Å². The number of methoxy groups -OCH3 is 2. The second kappa shape index (κ2) is 8.66. The fourth-order valence-electron chi connectivity index (χ4n) is 2.06. The minimum absolute atomic E-state index is 0.0434. The molecule has 0 spiro atoms. The number of rotatable bonds is 9. The lowest BCUT2D eigenvalue weighted by Gasteiger charge is -2.18. The zero-order valence-electron chi connectivity index (χ0n) is 12.9. The third-order valence-electron chi connectivity index (χ3n) is 3.37. The van der Waals surface area contributed by atoms with Gasteiger partial charge < -0.3 is 24.8 Å². The van der Waals surface area contributed by atoms with Crippen LogP contribution in [-0.2, 0) is 6.54 Å². The SMILES string of the molecule is CCN(CC)CCNCc1cc(OC)c(O)c(OC)c1. The van der Waals surface area contributed by atoms with Gasteiger partial charge in [0.15, 0.2) is 11.5 Å². The van der Waals surface area contributed by atoms with E-state index in [1.165, 1.54) is 14.2 Å². The Morgan fingerprint density at radius 3 is 2.10 bits per heavy atom. The summed E-state index contributed by atoms with van der Waals surface area (Å²) in [4.78, 5) is 2.37. The highest BCUT2D eigenvalue weighted by atomic mass is 16.5. The summed E-state index contributed by atoms with van der Waals surface area (Å²) in [7, 11) is 3.07. The van der Waals surface area contributed by atoms with Gasteiger partial charge in [-0.2, -0.15) is 0 Å². The van der Waals surface area contributed by atoms with Crippen LogP contribution in [-0.4, -0.2) is 50.4 Å². The van der Waals surface area contributed by atoms with Crippen LogP contribution >= 0.6 is 0 Å². The first kappa shape index (κ1) is 16.6. The number of phenolic OH excluding ortho intramolecular Hbond substituents is 1. The molecule has 0 fully saturated rings. The van der Waals surface area contributed by atoms with Crippen molar-refractivity contribution in [1.29, 1.82) is 0 Å². The zero-order chi connectivity index (χ0) is 15.0. The van der Waals surface area contributed by atoms with Crippen LogP contribution in [0.4, 0.5) is 0 Å². The summed E-state index contributed by atoms with van der Waals surface area (Å²) in [6, 6.07) is 3.64. The van der Waals surface area contributed by atoms with Gasteiger partial charge in [-0.15, -0.1) is 0 Å². The minimum atomic E-state index is 0.0434. The standard InChI is InChI=1S/C15H26N2O3/c1-5-17(6-2)8-7-16-11-12-9-13(19-3)15(18)14(10-12)20-4/h9-10,16,18H,5-8,11H2,1-4H3. The second-order valence-corrected chi connectivity index (χ2v) is 4.55. The molecule has 1 rings (SSSR count). The van der Waals surface area contributed by atoms with E-state index in [9.17, 15) is 5.11 Å². The van der Waals surface area contributed by atoms with Gasteiger partial charge in [0, 0.05) is 19.6 Å². The second-order valence-electron chi connectivity index (χ2n) is 4.55. The van der Waals surface area contributed by atoms with E-state index in [2.05, 4.69) is 24.1 Å². The van der Waals surface area contributed by atoms with Crippen molar-refractivity contribution in [3.63, 3.8) is 0 Å². The van der Waals surface area contributed by atoms with Gasteiger partial charge in [0.25, 0.3) is 0 Å². The maximum Gasteiger partial charge on any atom is 0.200 e. The van der Waals surface area contributed by atoms with Crippen molar-refractivity contribution in [3.05, 3.63) is 17.7 Å². The molecule has 1 aromatic carbocycles. The highest BCUT2D eigenvalue weighted by Gasteiger charge is 2.10. The van der Waals surface area contributed by atoms with Crippen LogP contribution in [0.5, 0.6) is 17.2 Å². The van der Waals surface area contributed by atoms with E-state index in [0.29, 0.717) is 18.0 Å². The Hall–Kier alpha value is -1.46. The molecule has 5 nitrogen and oxygen atoms in total. The van der Waals surface area contributed by atoms with Crippen LogP contribution in [0.2, 0.25) is 0 Å². The van der Waals surface area contributed by atoms with Gasteiger partial charge in [-0.05, 0) is 30.8 Å². The summed E-state index contributed by atoms with van der Waals surface area (Å²) in [5, 5.41) is 13.2. The first-order valence-corrected chi connectivity index (χ1v) is 7.03. The minimum Gasteiger partial charge on any atom is -0.502 e. The molecule has 0 aliphatic rings. The molecule has 0 saturated carbocycles. The Balaban J connectivity index is 2.55. The molecule has 0 saturated heterocycles. The molecular formula is C15H26N2O3. The molecule has 0 aliphatic carbocycles. The Kier molecular flexibility index (Phi) is 7.18. The van der Waals surface area contributed by atoms with Crippen LogP contribution < -0.4 is 14.8 Å². The fraction of sp³-hybridized carbons (Fsp3) is 0.600. The van der Waals surface area contributed by atoms with Gasteiger partial charge in [-0.3, -0.25) is 0 Å². The van der Waals surface area contributed by atoms with E-state index in [4.69, 9.17) is 9.47 Å². The fourth-order valence-corrected chi connectivity index (χ4v) is 2.06. The average Bonchev–Trinajstić information content (AvgIpc) is 2.48. The Bertz CT molecular complexity index is 381.